The number of methoxy groups -OCH3 is 1. The Morgan fingerprint density at radius 2 is 2.10 bits per heavy atom. The van der Waals surface area contributed by atoms with Gasteiger partial charge in [-0.2, -0.15) is 0 Å². The van der Waals surface area contributed by atoms with Crippen molar-refractivity contribution in [3.8, 4) is 5.75 Å². The number of ether oxygens (including phenoxy) is 1. The summed E-state index contributed by atoms with van der Waals surface area (Å²) in [6.45, 7) is 0.591. The molecular formula is C16H24N2O3. The fraction of sp³-hybridized carbons (Fsp3) is 0.562. The highest BCUT2D eigenvalue weighted by Gasteiger charge is 2.21. The van der Waals surface area contributed by atoms with Gasteiger partial charge in [0, 0.05) is 12.6 Å². The number of hydrogen-bond acceptors (Lipinski definition) is 3. The number of aliphatic hydroxyl groups excluding tert-OH is 1. The lowest BCUT2D eigenvalue weighted by atomic mass is 9.93. The molecule has 1 saturated carbocycles. The number of benzene rings is 1. The van der Waals surface area contributed by atoms with Crippen LogP contribution < -0.4 is 15.4 Å². The molecule has 1 aliphatic carbocycles. The van der Waals surface area contributed by atoms with Gasteiger partial charge in [0.15, 0.2) is 0 Å². The zero-order chi connectivity index (χ0) is 15.1. The number of hydrogen-bond donors (Lipinski definition) is 3. The largest absolute Gasteiger partial charge is 0.497 e. The molecule has 0 saturated heterocycles. The van der Waals surface area contributed by atoms with Gasteiger partial charge in [0.05, 0.1) is 13.2 Å². The summed E-state index contributed by atoms with van der Waals surface area (Å²) in [6.07, 6.45) is 3.93. The summed E-state index contributed by atoms with van der Waals surface area (Å²) in [5.74, 6) is 0.834. The molecule has 5 heteroatoms. The van der Waals surface area contributed by atoms with Crippen LogP contribution in [0, 0.1) is 0 Å². The Morgan fingerprint density at radius 3 is 2.76 bits per heavy atom. The number of carbonyl (C=O) groups is 1. The summed E-state index contributed by atoms with van der Waals surface area (Å²) in [5, 5.41) is 15.4. The van der Waals surface area contributed by atoms with Gasteiger partial charge in [-0.3, -0.25) is 0 Å². The van der Waals surface area contributed by atoms with Gasteiger partial charge >= 0.3 is 6.03 Å². The molecule has 0 spiro atoms. The maximum Gasteiger partial charge on any atom is 0.315 e. The van der Waals surface area contributed by atoms with Gasteiger partial charge in [0.1, 0.15) is 5.75 Å². The normalized spacial score (nSPS) is 21.6. The molecule has 1 aromatic carbocycles. The summed E-state index contributed by atoms with van der Waals surface area (Å²) < 4.78 is 5.10. The molecule has 0 unspecified atom stereocenters. The lowest BCUT2D eigenvalue weighted by Gasteiger charge is -2.26. The average Bonchev–Trinajstić information content (AvgIpc) is 2.48. The second-order valence-electron chi connectivity index (χ2n) is 5.52. The van der Waals surface area contributed by atoms with Crippen LogP contribution in [0.1, 0.15) is 31.2 Å². The Bertz CT molecular complexity index is 447. The maximum atomic E-state index is 11.8. The van der Waals surface area contributed by atoms with E-state index in [4.69, 9.17) is 4.74 Å². The van der Waals surface area contributed by atoms with Crippen molar-refractivity contribution in [1.29, 1.82) is 0 Å². The molecule has 116 valence electrons. The first kappa shape index (κ1) is 15.6. The van der Waals surface area contributed by atoms with E-state index in [2.05, 4.69) is 10.6 Å². The molecular weight excluding hydrogens is 268 g/mol. The molecule has 1 fully saturated rings. The van der Waals surface area contributed by atoms with Crippen molar-refractivity contribution in [2.45, 2.75) is 44.2 Å². The van der Waals surface area contributed by atoms with Crippen LogP contribution in [0.15, 0.2) is 24.3 Å². The third-order valence-corrected chi connectivity index (χ3v) is 3.84. The topological polar surface area (TPSA) is 70.6 Å². The van der Waals surface area contributed by atoms with E-state index in [1.54, 1.807) is 7.11 Å². The van der Waals surface area contributed by atoms with Crippen molar-refractivity contribution in [3.05, 3.63) is 29.8 Å². The molecule has 2 rings (SSSR count). The third-order valence-electron chi connectivity index (χ3n) is 3.84. The van der Waals surface area contributed by atoms with Crippen LogP contribution in [0.25, 0.3) is 0 Å². The van der Waals surface area contributed by atoms with Crippen LogP contribution in [0.3, 0.4) is 0 Å². The Balaban J connectivity index is 1.66. The number of aliphatic hydroxyl groups is 1. The van der Waals surface area contributed by atoms with E-state index < -0.39 is 0 Å². The van der Waals surface area contributed by atoms with Gasteiger partial charge in [-0.05, 0) is 49.8 Å². The Labute approximate surface area is 125 Å². The lowest BCUT2D eigenvalue weighted by molar-refractivity contribution is 0.113. The zero-order valence-corrected chi connectivity index (χ0v) is 12.5. The number of urea groups is 1. The monoisotopic (exact) mass is 292 g/mol. The highest BCUT2D eigenvalue weighted by molar-refractivity contribution is 5.74. The standard InChI is InChI=1S/C16H24N2O3/c1-21-15-7-5-12(6-8-15)9-10-17-16(20)18-13-3-2-4-14(19)11-13/h5-8,13-14,19H,2-4,9-11H2,1H3,(H2,17,18,20)/t13-,14-/m0/s1. The second-order valence-corrected chi connectivity index (χ2v) is 5.52. The maximum absolute atomic E-state index is 11.8. The van der Waals surface area contributed by atoms with E-state index in [-0.39, 0.29) is 18.2 Å². The van der Waals surface area contributed by atoms with Crippen molar-refractivity contribution in [1.82, 2.24) is 10.6 Å². The molecule has 0 aliphatic heterocycles. The molecule has 2 atom stereocenters. The Hall–Kier alpha value is -1.75. The number of amides is 2. The number of carbonyl (C=O) groups excluding carboxylic acids is 1. The van der Waals surface area contributed by atoms with E-state index >= 15 is 0 Å². The van der Waals surface area contributed by atoms with Crippen LogP contribution in [0.5, 0.6) is 5.75 Å². The molecule has 0 bridgehead atoms. The van der Waals surface area contributed by atoms with E-state index in [0.29, 0.717) is 13.0 Å². The van der Waals surface area contributed by atoms with Crippen molar-refractivity contribution in [3.63, 3.8) is 0 Å². The summed E-state index contributed by atoms with van der Waals surface area (Å²) >= 11 is 0. The third kappa shape index (κ3) is 5.27. The van der Waals surface area contributed by atoms with Crippen molar-refractivity contribution < 1.29 is 14.6 Å². The SMILES string of the molecule is COc1ccc(CCNC(=O)N[C@H]2CCC[C@H](O)C2)cc1. The summed E-state index contributed by atoms with van der Waals surface area (Å²) in [4.78, 5) is 11.8. The van der Waals surface area contributed by atoms with Gasteiger partial charge in [-0.1, -0.05) is 12.1 Å². The van der Waals surface area contributed by atoms with Crippen molar-refractivity contribution in [2.75, 3.05) is 13.7 Å². The average molecular weight is 292 g/mol. The fourth-order valence-electron chi connectivity index (χ4n) is 2.64. The van der Waals surface area contributed by atoms with Crippen LogP contribution >= 0.6 is 0 Å². The van der Waals surface area contributed by atoms with Crippen LogP contribution in [0.2, 0.25) is 0 Å². The first-order valence-corrected chi connectivity index (χ1v) is 7.52. The van der Waals surface area contributed by atoms with Gasteiger partial charge < -0.3 is 20.5 Å². The van der Waals surface area contributed by atoms with Gasteiger partial charge in [-0.15, -0.1) is 0 Å². The summed E-state index contributed by atoms with van der Waals surface area (Å²) in [5.41, 5.74) is 1.16. The minimum atomic E-state index is -0.275. The quantitative estimate of drug-likeness (QED) is 0.775. The zero-order valence-electron chi connectivity index (χ0n) is 12.5. The van der Waals surface area contributed by atoms with E-state index in [0.717, 1.165) is 37.0 Å². The highest BCUT2D eigenvalue weighted by atomic mass is 16.5. The van der Waals surface area contributed by atoms with Gasteiger partial charge in [-0.25, -0.2) is 4.79 Å². The molecule has 2 amide bonds. The predicted molar refractivity (Wildman–Crippen MR) is 81.5 cm³/mol. The molecule has 1 aromatic rings. The molecule has 5 nitrogen and oxygen atoms in total. The minimum Gasteiger partial charge on any atom is -0.497 e. The predicted octanol–water partition coefficient (Wildman–Crippen LogP) is 1.84. The Kier molecular flexibility index (Phi) is 5.87. The first-order valence-electron chi connectivity index (χ1n) is 7.52. The smallest absolute Gasteiger partial charge is 0.315 e. The molecule has 0 heterocycles. The van der Waals surface area contributed by atoms with E-state index in [9.17, 15) is 9.90 Å². The van der Waals surface area contributed by atoms with E-state index in [1.165, 1.54) is 0 Å². The summed E-state index contributed by atoms with van der Waals surface area (Å²) in [6, 6.07) is 7.76. The minimum absolute atomic E-state index is 0.0923. The highest BCUT2D eigenvalue weighted by Crippen LogP contribution is 2.18. The number of nitrogens with one attached hydrogen (secondary N) is 2. The van der Waals surface area contributed by atoms with Crippen LogP contribution in [-0.2, 0) is 6.42 Å². The molecule has 0 aromatic heterocycles. The molecule has 3 N–H and O–H groups in total. The van der Waals surface area contributed by atoms with Crippen LogP contribution in [-0.4, -0.2) is 36.9 Å². The first-order chi connectivity index (χ1) is 10.2. The second kappa shape index (κ2) is 7.88. The van der Waals surface area contributed by atoms with Crippen LogP contribution in [0.4, 0.5) is 4.79 Å². The fourth-order valence-corrected chi connectivity index (χ4v) is 2.64. The molecule has 21 heavy (non-hydrogen) atoms. The molecule has 0 radical (unpaired) electrons. The molecule has 1 aliphatic rings. The van der Waals surface area contributed by atoms with E-state index in [1.807, 2.05) is 24.3 Å². The van der Waals surface area contributed by atoms with Gasteiger partial charge in [0.2, 0.25) is 0 Å². The van der Waals surface area contributed by atoms with Crippen molar-refractivity contribution >= 4 is 6.03 Å². The Morgan fingerprint density at radius 1 is 1.33 bits per heavy atom. The van der Waals surface area contributed by atoms with Gasteiger partial charge in [0.25, 0.3) is 0 Å². The number of rotatable bonds is 5. The summed E-state index contributed by atoms with van der Waals surface area (Å²) in [7, 11) is 1.64. The van der Waals surface area contributed by atoms with Crippen molar-refractivity contribution in [2.24, 2.45) is 0 Å². The lowest BCUT2D eigenvalue weighted by Crippen LogP contribution is -2.45.